The molecule has 0 saturated heterocycles. The summed E-state index contributed by atoms with van der Waals surface area (Å²) >= 11 is 1.27. The van der Waals surface area contributed by atoms with E-state index in [-0.39, 0.29) is 22.8 Å². The van der Waals surface area contributed by atoms with Crippen molar-refractivity contribution < 1.29 is 8.81 Å². The quantitative estimate of drug-likeness (QED) is 0.408. The lowest BCUT2D eigenvalue weighted by molar-refractivity contribution is 0.540. The van der Waals surface area contributed by atoms with Gasteiger partial charge in [0.15, 0.2) is 0 Å². The van der Waals surface area contributed by atoms with Crippen molar-refractivity contribution in [3.63, 3.8) is 0 Å². The minimum absolute atomic E-state index is 0.0402. The average molecular weight is 457 g/mol. The van der Waals surface area contributed by atoms with Crippen molar-refractivity contribution in [3.05, 3.63) is 76.7 Å². The Balaban J connectivity index is 1.70. The van der Waals surface area contributed by atoms with E-state index >= 15 is 0 Å². The van der Waals surface area contributed by atoms with Gasteiger partial charge in [0.1, 0.15) is 40.1 Å². The normalized spacial score (nSPS) is 10.6. The number of thioether (sulfide) groups is 1. The SMILES string of the molecule is Cc1ccc(-c2c(C#N)c(N)nc(SCc3nc(-c4ccc(F)cc4)oc3C)c2C#N)cn1. The number of rotatable bonds is 5. The van der Waals surface area contributed by atoms with Crippen molar-refractivity contribution in [2.24, 2.45) is 0 Å². The molecule has 0 bridgehead atoms. The number of halogens is 1. The fourth-order valence-electron chi connectivity index (χ4n) is 3.22. The molecule has 3 heterocycles. The molecule has 0 aliphatic heterocycles. The number of hydrogen-bond donors (Lipinski definition) is 1. The number of nitrogen functional groups attached to an aromatic ring is 1. The molecule has 0 amide bonds. The summed E-state index contributed by atoms with van der Waals surface area (Å²) in [5, 5.41) is 19.9. The molecule has 0 radical (unpaired) electrons. The molecule has 2 N–H and O–H groups in total. The van der Waals surface area contributed by atoms with Gasteiger partial charge < -0.3 is 10.2 Å². The zero-order valence-electron chi connectivity index (χ0n) is 17.8. The molecule has 33 heavy (non-hydrogen) atoms. The third-order valence-corrected chi connectivity index (χ3v) is 5.93. The van der Waals surface area contributed by atoms with E-state index in [9.17, 15) is 14.9 Å². The first-order valence-corrected chi connectivity index (χ1v) is 10.8. The molecule has 0 saturated carbocycles. The summed E-state index contributed by atoms with van der Waals surface area (Å²) in [6.07, 6.45) is 1.61. The van der Waals surface area contributed by atoms with Gasteiger partial charge in [0.25, 0.3) is 0 Å². The van der Waals surface area contributed by atoms with Gasteiger partial charge in [0.05, 0.1) is 11.3 Å². The van der Waals surface area contributed by atoms with Gasteiger partial charge in [0, 0.05) is 34.3 Å². The van der Waals surface area contributed by atoms with Crippen LogP contribution in [0.2, 0.25) is 0 Å². The van der Waals surface area contributed by atoms with Crippen LogP contribution in [0.3, 0.4) is 0 Å². The number of nitrogens with zero attached hydrogens (tertiary/aromatic N) is 5. The summed E-state index contributed by atoms with van der Waals surface area (Å²) in [5.74, 6) is 1.03. The molecule has 9 heteroatoms. The summed E-state index contributed by atoms with van der Waals surface area (Å²) in [6.45, 7) is 3.63. The predicted molar refractivity (Wildman–Crippen MR) is 122 cm³/mol. The van der Waals surface area contributed by atoms with Crippen LogP contribution in [0.5, 0.6) is 0 Å². The first-order valence-electron chi connectivity index (χ1n) is 9.83. The molecule has 4 rings (SSSR count). The topological polar surface area (TPSA) is 125 Å². The fourth-order valence-corrected chi connectivity index (χ4v) is 4.22. The van der Waals surface area contributed by atoms with Crippen molar-refractivity contribution in [3.8, 4) is 34.7 Å². The molecule has 7 nitrogen and oxygen atoms in total. The van der Waals surface area contributed by atoms with Gasteiger partial charge in [-0.2, -0.15) is 10.5 Å². The van der Waals surface area contributed by atoms with E-state index in [1.807, 2.05) is 6.92 Å². The summed E-state index contributed by atoms with van der Waals surface area (Å²) in [6, 6.07) is 13.7. The molecular formula is C24H17FN6OS. The first-order chi connectivity index (χ1) is 15.9. The average Bonchev–Trinajstić information content (AvgIpc) is 3.18. The minimum Gasteiger partial charge on any atom is -0.441 e. The smallest absolute Gasteiger partial charge is 0.226 e. The number of aryl methyl sites for hydroxylation is 2. The lowest BCUT2D eigenvalue weighted by Crippen LogP contribution is -2.04. The number of oxazole rings is 1. The standard InChI is InChI=1S/C24H17FN6OS/c1-13-3-4-16(11-29-13)21-18(9-26)22(28)31-24(19(21)10-27)33-12-20-14(2)32-23(30-20)15-5-7-17(25)8-6-15/h3-8,11H,12H2,1-2H3,(H2,28,31). The largest absolute Gasteiger partial charge is 0.441 e. The third-order valence-electron chi connectivity index (χ3n) is 4.95. The number of benzene rings is 1. The second-order valence-corrected chi connectivity index (χ2v) is 8.12. The van der Waals surface area contributed by atoms with Gasteiger partial charge >= 0.3 is 0 Å². The van der Waals surface area contributed by atoms with Gasteiger partial charge in [-0.1, -0.05) is 17.8 Å². The van der Waals surface area contributed by atoms with Crippen LogP contribution < -0.4 is 5.73 Å². The van der Waals surface area contributed by atoms with Crippen molar-refractivity contribution in [1.29, 1.82) is 10.5 Å². The maximum atomic E-state index is 13.2. The first kappa shape index (κ1) is 22.0. The highest BCUT2D eigenvalue weighted by Gasteiger charge is 2.22. The molecule has 0 fully saturated rings. The van der Waals surface area contributed by atoms with Crippen LogP contribution in [-0.4, -0.2) is 15.0 Å². The van der Waals surface area contributed by atoms with Crippen molar-refractivity contribution in [1.82, 2.24) is 15.0 Å². The molecule has 0 aliphatic rings. The zero-order valence-corrected chi connectivity index (χ0v) is 18.6. The molecule has 4 aromatic rings. The Morgan fingerprint density at radius 2 is 1.70 bits per heavy atom. The van der Waals surface area contributed by atoms with E-state index in [1.54, 1.807) is 37.4 Å². The van der Waals surface area contributed by atoms with E-state index < -0.39 is 0 Å². The third kappa shape index (κ3) is 4.40. The molecule has 0 spiro atoms. The van der Waals surface area contributed by atoms with Crippen LogP contribution in [-0.2, 0) is 5.75 Å². The fraction of sp³-hybridized carbons (Fsp3) is 0.125. The molecular weight excluding hydrogens is 439 g/mol. The van der Waals surface area contributed by atoms with E-state index in [2.05, 4.69) is 27.1 Å². The Morgan fingerprint density at radius 3 is 2.33 bits per heavy atom. The summed E-state index contributed by atoms with van der Waals surface area (Å²) in [5.41, 5.74) is 9.60. The Morgan fingerprint density at radius 1 is 1.00 bits per heavy atom. The number of anilines is 1. The van der Waals surface area contributed by atoms with E-state index in [1.165, 1.54) is 23.9 Å². The Kier molecular flexibility index (Phi) is 6.07. The van der Waals surface area contributed by atoms with Crippen molar-refractivity contribution in [2.75, 3.05) is 5.73 Å². The van der Waals surface area contributed by atoms with Crippen LogP contribution in [0.1, 0.15) is 28.3 Å². The Bertz CT molecular complexity index is 1420. The van der Waals surface area contributed by atoms with E-state index in [4.69, 9.17) is 10.2 Å². The van der Waals surface area contributed by atoms with Crippen LogP contribution in [0.4, 0.5) is 10.2 Å². The van der Waals surface area contributed by atoms with Crippen LogP contribution >= 0.6 is 11.8 Å². The molecule has 1 aromatic carbocycles. The number of pyridine rings is 2. The van der Waals surface area contributed by atoms with Crippen LogP contribution in [0.15, 0.2) is 52.0 Å². The highest BCUT2D eigenvalue weighted by molar-refractivity contribution is 7.98. The van der Waals surface area contributed by atoms with Gasteiger partial charge in [-0.3, -0.25) is 4.98 Å². The highest BCUT2D eigenvalue weighted by Crippen LogP contribution is 2.37. The van der Waals surface area contributed by atoms with Crippen molar-refractivity contribution >= 4 is 17.6 Å². The Hall–Kier alpha value is -4.21. The number of hydrogen-bond acceptors (Lipinski definition) is 8. The summed E-state index contributed by atoms with van der Waals surface area (Å²) < 4.78 is 18.9. The molecule has 0 atom stereocenters. The maximum absolute atomic E-state index is 13.2. The minimum atomic E-state index is -0.342. The predicted octanol–water partition coefficient (Wildman–Crippen LogP) is 5.17. The van der Waals surface area contributed by atoms with Crippen molar-refractivity contribution in [2.45, 2.75) is 24.6 Å². The Labute approximate surface area is 193 Å². The van der Waals surface area contributed by atoms with Gasteiger partial charge in [-0.15, -0.1) is 0 Å². The second kappa shape index (κ2) is 9.11. The van der Waals surface area contributed by atoms with E-state index in [0.717, 1.165) is 5.69 Å². The molecule has 0 unspecified atom stereocenters. The van der Waals surface area contributed by atoms with Gasteiger partial charge in [0.2, 0.25) is 5.89 Å². The van der Waals surface area contributed by atoms with Gasteiger partial charge in [-0.25, -0.2) is 14.4 Å². The lowest BCUT2D eigenvalue weighted by atomic mass is 9.98. The highest BCUT2D eigenvalue weighted by atomic mass is 32.2. The zero-order chi connectivity index (χ0) is 23.5. The molecule has 3 aromatic heterocycles. The lowest BCUT2D eigenvalue weighted by Gasteiger charge is -2.12. The summed E-state index contributed by atoms with van der Waals surface area (Å²) in [7, 11) is 0. The van der Waals surface area contributed by atoms with Gasteiger partial charge in [-0.05, 0) is 44.2 Å². The molecule has 162 valence electrons. The molecule has 0 aliphatic carbocycles. The maximum Gasteiger partial charge on any atom is 0.226 e. The van der Waals surface area contributed by atoms with Crippen LogP contribution in [0, 0.1) is 42.3 Å². The number of nitriles is 2. The number of nitrogens with two attached hydrogens (primary N) is 1. The monoisotopic (exact) mass is 456 g/mol. The second-order valence-electron chi connectivity index (χ2n) is 7.16. The van der Waals surface area contributed by atoms with Crippen LogP contribution in [0.25, 0.3) is 22.6 Å². The number of aromatic nitrogens is 3. The summed E-state index contributed by atoms with van der Waals surface area (Å²) in [4.78, 5) is 13.1. The van der Waals surface area contributed by atoms with E-state index in [0.29, 0.717) is 44.8 Å².